The standard InChI is InChI=1S/C12H19NO/c1-10-6-4-5-7-11(10)8-12(14)9-13(2)3/h4-7,12,14H,8-9H2,1-3H3. The van der Waals surface area contributed by atoms with E-state index in [0.29, 0.717) is 6.54 Å². The van der Waals surface area contributed by atoms with E-state index in [1.807, 2.05) is 31.1 Å². The lowest BCUT2D eigenvalue weighted by atomic mass is 10.0. The summed E-state index contributed by atoms with van der Waals surface area (Å²) in [5.74, 6) is 0. The minimum Gasteiger partial charge on any atom is -0.391 e. The molecule has 2 heteroatoms. The van der Waals surface area contributed by atoms with Crippen molar-refractivity contribution in [1.29, 1.82) is 0 Å². The van der Waals surface area contributed by atoms with Gasteiger partial charge in [0, 0.05) is 6.54 Å². The number of nitrogens with zero attached hydrogens (tertiary/aromatic N) is 1. The number of likely N-dealkylation sites (N-methyl/N-ethyl adjacent to an activating group) is 1. The van der Waals surface area contributed by atoms with Gasteiger partial charge in [0.05, 0.1) is 6.10 Å². The van der Waals surface area contributed by atoms with Crippen LogP contribution in [0, 0.1) is 6.92 Å². The molecule has 0 saturated carbocycles. The van der Waals surface area contributed by atoms with Crippen LogP contribution in [0.25, 0.3) is 0 Å². The maximum absolute atomic E-state index is 9.76. The Hall–Kier alpha value is -0.860. The van der Waals surface area contributed by atoms with Crippen molar-refractivity contribution in [2.75, 3.05) is 20.6 Å². The van der Waals surface area contributed by atoms with Crippen molar-refractivity contribution in [3.05, 3.63) is 35.4 Å². The van der Waals surface area contributed by atoms with Gasteiger partial charge in [-0.1, -0.05) is 24.3 Å². The van der Waals surface area contributed by atoms with Crippen LogP contribution in [0.3, 0.4) is 0 Å². The fourth-order valence-corrected chi connectivity index (χ4v) is 1.58. The second-order valence-corrected chi connectivity index (χ2v) is 4.05. The van der Waals surface area contributed by atoms with Gasteiger partial charge in [-0.05, 0) is 38.6 Å². The van der Waals surface area contributed by atoms with Gasteiger partial charge in [0.25, 0.3) is 0 Å². The van der Waals surface area contributed by atoms with E-state index in [9.17, 15) is 5.11 Å². The molecule has 1 aromatic carbocycles. The third-order valence-electron chi connectivity index (χ3n) is 2.29. The molecule has 0 aliphatic carbocycles. The monoisotopic (exact) mass is 193 g/mol. The molecular weight excluding hydrogens is 174 g/mol. The zero-order chi connectivity index (χ0) is 10.6. The van der Waals surface area contributed by atoms with E-state index in [4.69, 9.17) is 0 Å². The normalized spacial score (nSPS) is 13.2. The Bertz CT molecular complexity index is 283. The molecule has 0 radical (unpaired) electrons. The van der Waals surface area contributed by atoms with Crippen molar-refractivity contribution < 1.29 is 5.11 Å². The number of aliphatic hydroxyl groups is 1. The minimum atomic E-state index is -0.272. The van der Waals surface area contributed by atoms with Gasteiger partial charge in [-0.25, -0.2) is 0 Å². The zero-order valence-electron chi connectivity index (χ0n) is 9.20. The van der Waals surface area contributed by atoms with Crippen LogP contribution >= 0.6 is 0 Å². The average molecular weight is 193 g/mol. The number of benzene rings is 1. The minimum absolute atomic E-state index is 0.272. The quantitative estimate of drug-likeness (QED) is 0.782. The van der Waals surface area contributed by atoms with Crippen LogP contribution < -0.4 is 0 Å². The summed E-state index contributed by atoms with van der Waals surface area (Å²) in [6, 6.07) is 8.20. The highest BCUT2D eigenvalue weighted by molar-refractivity contribution is 5.26. The van der Waals surface area contributed by atoms with Gasteiger partial charge in [-0.2, -0.15) is 0 Å². The summed E-state index contributed by atoms with van der Waals surface area (Å²) in [6.07, 6.45) is 0.469. The van der Waals surface area contributed by atoms with E-state index < -0.39 is 0 Å². The van der Waals surface area contributed by atoms with Crippen molar-refractivity contribution in [3.63, 3.8) is 0 Å². The van der Waals surface area contributed by atoms with Crippen LogP contribution in [-0.2, 0) is 6.42 Å². The van der Waals surface area contributed by atoms with E-state index in [2.05, 4.69) is 19.1 Å². The predicted molar refractivity (Wildman–Crippen MR) is 59.4 cm³/mol. The summed E-state index contributed by atoms with van der Waals surface area (Å²) in [5, 5.41) is 9.76. The van der Waals surface area contributed by atoms with Gasteiger partial charge < -0.3 is 10.0 Å². The van der Waals surface area contributed by atoms with Crippen LogP contribution in [0.1, 0.15) is 11.1 Å². The summed E-state index contributed by atoms with van der Waals surface area (Å²) in [5.41, 5.74) is 2.49. The molecule has 0 spiro atoms. The molecule has 0 aliphatic rings. The lowest BCUT2D eigenvalue weighted by Gasteiger charge is -2.16. The Balaban J connectivity index is 2.56. The van der Waals surface area contributed by atoms with Gasteiger partial charge in [-0.15, -0.1) is 0 Å². The van der Waals surface area contributed by atoms with E-state index in [-0.39, 0.29) is 6.10 Å². The van der Waals surface area contributed by atoms with Gasteiger partial charge >= 0.3 is 0 Å². The number of rotatable bonds is 4. The predicted octanol–water partition coefficient (Wildman–Crippen LogP) is 1.46. The number of aryl methyl sites for hydroxylation is 1. The lowest BCUT2D eigenvalue weighted by molar-refractivity contribution is 0.137. The second-order valence-electron chi connectivity index (χ2n) is 4.05. The van der Waals surface area contributed by atoms with Gasteiger partial charge in [0.1, 0.15) is 0 Å². The summed E-state index contributed by atoms with van der Waals surface area (Å²) >= 11 is 0. The third-order valence-corrected chi connectivity index (χ3v) is 2.29. The smallest absolute Gasteiger partial charge is 0.0707 e. The maximum atomic E-state index is 9.76. The first-order valence-electron chi connectivity index (χ1n) is 4.97. The van der Waals surface area contributed by atoms with Crippen LogP contribution in [0.15, 0.2) is 24.3 Å². The van der Waals surface area contributed by atoms with Crippen molar-refractivity contribution in [2.45, 2.75) is 19.4 Å². The summed E-state index contributed by atoms with van der Waals surface area (Å²) in [7, 11) is 3.95. The van der Waals surface area contributed by atoms with Crippen LogP contribution in [-0.4, -0.2) is 36.8 Å². The lowest BCUT2D eigenvalue weighted by Crippen LogP contribution is -2.27. The number of aliphatic hydroxyl groups excluding tert-OH is 1. The molecule has 1 unspecified atom stereocenters. The second kappa shape index (κ2) is 5.13. The molecule has 0 amide bonds. The molecule has 0 heterocycles. The Morgan fingerprint density at radius 3 is 2.50 bits per heavy atom. The number of hydrogen-bond acceptors (Lipinski definition) is 2. The summed E-state index contributed by atoms with van der Waals surface area (Å²) < 4.78 is 0. The van der Waals surface area contributed by atoms with Crippen molar-refractivity contribution in [2.24, 2.45) is 0 Å². The highest BCUT2D eigenvalue weighted by Crippen LogP contribution is 2.09. The van der Waals surface area contributed by atoms with Gasteiger partial charge in [0.2, 0.25) is 0 Å². The molecule has 78 valence electrons. The molecule has 0 aliphatic heterocycles. The van der Waals surface area contributed by atoms with E-state index in [1.165, 1.54) is 11.1 Å². The molecule has 1 atom stereocenters. The van der Waals surface area contributed by atoms with Crippen molar-refractivity contribution in [1.82, 2.24) is 4.90 Å². The molecule has 1 aromatic rings. The van der Waals surface area contributed by atoms with E-state index >= 15 is 0 Å². The summed E-state index contributed by atoms with van der Waals surface area (Å²) in [4.78, 5) is 2.00. The van der Waals surface area contributed by atoms with E-state index in [1.54, 1.807) is 0 Å². The van der Waals surface area contributed by atoms with E-state index in [0.717, 1.165) is 6.42 Å². The Labute approximate surface area is 86.2 Å². The van der Waals surface area contributed by atoms with Gasteiger partial charge in [-0.3, -0.25) is 0 Å². The zero-order valence-corrected chi connectivity index (χ0v) is 9.20. The first-order chi connectivity index (χ1) is 6.59. The maximum Gasteiger partial charge on any atom is 0.0707 e. The Kier molecular flexibility index (Phi) is 4.11. The highest BCUT2D eigenvalue weighted by Gasteiger charge is 2.07. The Morgan fingerprint density at radius 1 is 1.29 bits per heavy atom. The molecule has 1 N–H and O–H groups in total. The first kappa shape index (κ1) is 11.2. The van der Waals surface area contributed by atoms with Gasteiger partial charge in [0.15, 0.2) is 0 Å². The largest absolute Gasteiger partial charge is 0.391 e. The molecule has 0 aromatic heterocycles. The van der Waals surface area contributed by atoms with Crippen LogP contribution in [0.4, 0.5) is 0 Å². The molecule has 1 rings (SSSR count). The Morgan fingerprint density at radius 2 is 1.93 bits per heavy atom. The number of hydrogen-bond donors (Lipinski definition) is 1. The fraction of sp³-hybridized carbons (Fsp3) is 0.500. The highest BCUT2D eigenvalue weighted by atomic mass is 16.3. The molecular formula is C12H19NO. The molecule has 2 nitrogen and oxygen atoms in total. The molecule has 0 saturated heterocycles. The molecule has 0 fully saturated rings. The fourth-order valence-electron chi connectivity index (χ4n) is 1.58. The van der Waals surface area contributed by atoms with Crippen LogP contribution in [0.2, 0.25) is 0 Å². The SMILES string of the molecule is Cc1ccccc1CC(O)CN(C)C. The topological polar surface area (TPSA) is 23.5 Å². The van der Waals surface area contributed by atoms with Crippen LogP contribution in [0.5, 0.6) is 0 Å². The average Bonchev–Trinajstić information content (AvgIpc) is 2.07. The summed E-state index contributed by atoms with van der Waals surface area (Å²) in [6.45, 7) is 2.80. The first-order valence-corrected chi connectivity index (χ1v) is 4.97. The third kappa shape index (κ3) is 3.48. The molecule has 14 heavy (non-hydrogen) atoms. The molecule has 0 bridgehead atoms. The van der Waals surface area contributed by atoms with Crippen molar-refractivity contribution in [3.8, 4) is 0 Å². The van der Waals surface area contributed by atoms with Crippen molar-refractivity contribution >= 4 is 0 Å².